The van der Waals surface area contributed by atoms with Gasteiger partial charge in [0.25, 0.3) is 0 Å². The predicted molar refractivity (Wildman–Crippen MR) is 79.5 cm³/mol. The number of aryl methyl sites for hydroxylation is 1. The van der Waals surface area contributed by atoms with Crippen molar-refractivity contribution < 1.29 is 9.32 Å². The molecule has 5 nitrogen and oxygen atoms in total. The van der Waals surface area contributed by atoms with Gasteiger partial charge in [-0.3, -0.25) is 4.79 Å². The van der Waals surface area contributed by atoms with E-state index in [1.807, 2.05) is 19.9 Å². The van der Waals surface area contributed by atoms with E-state index in [1.54, 1.807) is 11.9 Å². The van der Waals surface area contributed by atoms with Gasteiger partial charge in [0.15, 0.2) is 0 Å². The molecule has 2 unspecified atom stereocenters. The van der Waals surface area contributed by atoms with Crippen molar-refractivity contribution in [3.8, 4) is 0 Å². The fraction of sp³-hybridized carbons (Fsp3) is 0.714. The molecule has 1 aliphatic carbocycles. The van der Waals surface area contributed by atoms with E-state index in [1.165, 1.54) is 0 Å². The molecule has 20 heavy (non-hydrogen) atoms. The molecule has 2 rings (SSSR count). The molecule has 0 spiro atoms. The number of nitrogens with zero attached hydrogens (tertiary/aromatic N) is 2. The van der Waals surface area contributed by atoms with Gasteiger partial charge in [-0.15, -0.1) is 12.4 Å². The zero-order chi connectivity index (χ0) is 14.0. The minimum absolute atomic E-state index is 0. The van der Waals surface area contributed by atoms with Crippen molar-refractivity contribution in [1.82, 2.24) is 10.1 Å². The summed E-state index contributed by atoms with van der Waals surface area (Å²) in [6.07, 6.45) is 4.00. The summed E-state index contributed by atoms with van der Waals surface area (Å²) in [5.41, 5.74) is 6.67. The van der Waals surface area contributed by atoms with E-state index in [0.717, 1.165) is 37.1 Å². The van der Waals surface area contributed by atoms with Gasteiger partial charge in [0.2, 0.25) is 5.91 Å². The highest BCUT2D eigenvalue weighted by atomic mass is 35.5. The summed E-state index contributed by atoms with van der Waals surface area (Å²) in [7, 11) is 1.80. The maximum absolute atomic E-state index is 12.5. The van der Waals surface area contributed by atoms with Gasteiger partial charge in [0, 0.05) is 18.7 Å². The van der Waals surface area contributed by atoms with E-state index in [0.29, 0.717) is 6.54 Å². The van der Waals surface area contributed by atoms with Crippen molar-refractivity contribution in [2.24, 2.45) is 11.7 Å². The molecular weight excluding hydrogens is 278 g/mol. The Kier molecular flexibility index (Phi) is 5.59. The quantitative estimate of drug-likeness (QED) is 0.929. The van der Waals surface area contributed by atoms with Crippen molar-refractivity contribution >= 4 is 18.3 Å². The molecule has 6 heteroatoms. The lowest BCUT2D eigenvalue weighted by atomic mass is 9.74. The number of amides is 1. The van der Waals surface area contributed by atoms with Crippen molar-refractivity contribution in [1.29, 1.82) is 0 Å². The van der Waals surface area contributed by atoms with Crippen molar-refractivity contribution in [2.45, 2.75) is 51.6 Å². The van der Waals surface area contributed by atoms with Gasteiger partial charge < -0.3 is 15.2 Å². The second-order valence-corrected chi connectivity index (χ2v) is 5.93. The van der Waals surface area contributed by atoms with Gasteiger partial charge in [-0.25, -0.2) is 0 Å². The van der Waals surface area contributed by atoms with E-state index < -0.39 is 0 Å². The highest BCUT2D eigenvalue weighted by Gasteiger charge is 2.39. The van der Waals surface area contributed by atoms with Crippen LogP contribution in [0.2, 0.25) is 0 Å². The molecule has 0 aliphatic heterocycles. The van der Waals surface area contributed by atoms with Crippen LogP contribution in [0.15, 0.2) is 10.6 Å². The molecule has 0 saturated heterocycles. The SMILES string of the molecule is Cc1cc(CN(C)C(=O)C2CCCCC2(C)N)no1.Cl. The molecule has 114 valence electrons. The Morgan fingerprint density at radius 3 is 2.85 bits per heavy atom. The highest BCUT2D eigenvalue weighted by molar-refractivity contribution is 5.85. The molecule has 1 amide bonds. The van der Waals surface area contributed by atoms with Crippen LogP contribution in [0, 0.1) is 12.8 Å². The van der Waals surface area contributed by atoms with Gasteiger partial charge in [-0.2, -0.15) is 0 Å². The first-order valence-corrected chi connectivity index (χ1v) is 6.86. The van der Waals surface area contributed by atoms with Crippen LogP contribution < -0.4 is 5.73 Å². The topological polar surface area (TPSA) is 72.4 Å². The monoisotopic (exact) mass is 301 g/mol. The van der Waals surface area contributed by atoms with Gasteiger partial charge >= 0.3 is 0 Å². The third-order valence-corrected chi connectivity index (χ3v) is 4.00. The van der Waals surface area contributed by atoms with Crippen LogP contribution in [0.4, 0.5) is 0 Å². The molecular formula is C14H24ClN3O2. The molecule has 1 aliphatic rings. The maximum Gasteiger partial charge on any atom is 0.227 e. The molecule has 0 bridgehead atoms. The summed E-state index contributed by atoms with van der Waals surface area (Å²) in [4.78, 5) is 14.2. The van der Waals surface area contributed by atoms with Crippen molar-refractivity contribution in [3.63, 3.8) is 0 Å². The zero-order valence-electron chi connectivity index (χ0n) is 12.4. The van der Waals surface area contributed by atoms with Crippen molar-refractivity contribution in [2.75, 3.05) is 7.05 Å². The highest BCUT2D eigenvalue weighted by Crippen LogP contribution is 2.32. The number of nitrogens with two attached hydrogens (primary N) is 1. The number of rotatable bonds is 3. The zero-order valence-corrected chi connectivity index (χ0v) is 13.2. The fourth-order valence-electron chi connectivity index (χ4n) is 2.84. The first kappa shape index (κ1) is 17.0. The first-order valence-electron chi connectivity index (χ1n) is 6.86. The van der Waals surface area contributed by atoms with Crippen molar-refractivity contribution in [3.05, 3.63) is 17.5 Å². The average molecular weight is 302 g/mol. The molecule has 1 aromatic rings. The third kappa shape index (κ3) is 3.73. The van der Waals surface area contributed by atoms with Gasteiger partial charge in [0.1, 0.15) is 11.5 Å². The Morgan fingerprint density at radius 1 is 1.60 bits per heavy atom. The summed E-state index contributed by atoms with van der Waals surface area (Å²) in [6, 6.07) is 1.85. The molecule has 1 aromatic heterocycles. The van der Waals surface area contributed by atoms with E-state index in [-0.39, 0.29) is 29.8 Å². The molecule has 1 heterocycles. The van der Waals surface area contributed by atoms with Gasteiger partial charge in [-0.05, 0) is 26.7 Å². The van der Waals surface area contributed by atoms with Crippen LogP contribution >= 0.6 is 12.4 Å². The van der Waals surface area contributed by atoms with Crippen LogP contribution in [0.3, 0.4) is 0 Å². The minimum atomic E-state index is -0.386. The normalized spacial score (nSPS) is 25.9. The standard InChI is InChI=1S/C14H23N3O2.ClH/c1-10-8-11(16-19-10)9-17(3)13(18)12-6-4-5-7-14(12,2)15;/h8,12H,4-7,9,15H2,1-3H3;1H. The molecule has 1 fully saturated rings. The van der Waals surface area contributed by atoms with E-state index >= 15 is 0 Å². The lowest BCUT2D eigenvalue weighted by Gasteiger charge is -2.39. The predicted octanol–water partition coefficient (Wildman–Crippen LogP) is 2.27. The smallest absolute Gasteiger partial charge is 0.227 e. The van der Waals surface area contributed by atoms with Crippen LogP contribution in [0.25, 0.3) is 0 Å². The molecule has 0 radical (unpaired) electrons. The lowest BCUT2D eigenvalue weighted by Crippen LogP contribution is -2.53. The molecule has 1 saturated carbocycles. The Hall–Kier alpha value is -1.07. The molecule has 2 N–H and O–H groups in total. The van der Waals surface area contributed by atoms with E-state index in [9.17, 15) is 4.79 Å². The Labute approximate surface area is 126 Å². The number of hydrogen-bond acceptors (Lipinski definition) is 4. The van der Waals surface area contributed by atoms with Crippen LogP contribution in [0.5, 0.6) is 0 Å². The largest absolute Gasteiger partial charge is 0.361 e. The maximum atomic E-state index is 12.5. The second-order valence-electron chi connectivity index (χ2n) is 5.93. The second kappa shape index (κ2) is 6.59. The Bertz CT molecular complexity index is 459. The van der Waals surface area contributed by atoms with Gasteiger partial charge in [-0.1, -0.05) is 18.0 Å². The number of carbonyl (C=O) groups is 1. The number of halogens is 1. The fourth-order valence-corrected chi connectivity index (χ4v) is 2.84. The molecule has 2 atom stereocenters. The number of hydrogen-bond donors (Lipinski definition) is 1. The van der Waals surface area contributed by atoms with Gasteiger partial charge in [0.05, 0.1) is 12.5 Å². The van der Waals surface area contributed by atoms with Crippen LogP contribution in [-0.2, 0) is 11.3 Å². The first-order chi connectivity index (χ1) is 8.90. The minimum Gasteiger partial charge on any atom is -0.361 e. The average Bonchev–Trinajstić information content (AvgIpc) is 2.73. The number of aromatic nitrogens is 1. The summed E-state index contributed by atoms with van der Waals surface area (Å²) in [5, 5.41) is 3.92. The molecule has 0 aromatic carbocycles. The van der Waals surface area contributed by atoms with E-state index in [2.05, 4.69) is 5.16 Å². The summed E-state index contributed by atoms with van der Waals surface area (Å²) < 4.78 is 5.02. The Balaban J connectivity index is 0.00000200. The lowest BCUT2D eigenvalue weighted by molar-refractivity contribution is -0.138. The summed E-state index contributed by atoms with van der Waals surface area (Å²) >= 11 is 0. The van der Waals surface area contributed by atoms with Crippen LogP contribution in [-0.4, -0.2) is 28.6 Å². The summed E-state index contributed by atoms with van der Waals surface area (Å²) in [5.74, 6) is 0.793. The number of carbonyl (C=O) groups excluding carboxylic acids is 1. The Morgan fingerprint density at radius 2 is 2.30 bits per heavy atom. The third-order valence-electron chi connectivity index (χ3n) is 4.00. The van der Waals surface area contributed by atoms with Crippen LogP contribution in [0.1, 0.15) is 44.1 Å². The van der Waals surface area contributed by atoms with E-state index in [4.69, 9.17) is 10.3 Å². The summed E-state index contributed by atoms with van der Waals surface area (Å²) in [6.45, 7) is 4.31.